The van der Waals surface area contributed by atoms with Crippen LogP contribution in [0.3, 0.4) is 0 Å². The molecule has 0 radical (unpaired) electrons. The Balaban J connectivity index is 3.06. The second-order valence-corrected chi connectivity index (χ2v) is 7.10. The van der Waals surface area contributed by atoms with E-state index in [0.717, 1.165) is 12.5 Å². The van der Waals surface area contributed by atoms with Crippen LogP contribution in [-0.4, -0.2) is 37.4 Å². The van der Waals surface area contributed by atoms with Crippen molar-refractivity contribution in [2.45, 2.75) is 17.7 Å². The lowest BCUT2D eigenvalue weighted by atomic mass is 10.2. The van der Waals surface area contributed by atoms with Crippen molar-refractivity contribution in [1.82, 2.24) is 4.31 Å². The fourth-order valence-corrected chi connectivity index (χ4v) is 3.24. The van der Waals surface area contributed by atoms with Gasteiger partial charge < -0.3 is 5.11 Å². The fourth-order valence-electron chi connectivity index (χ4n) is 1.59. The predicted molar refractivity (Wildman–Crippen MR) is 80.3 cm³/mol. The molecule has 0 aromatic heterocycles. The number of allylic oxidation sites excluding steroid dienone is 1. The maximum atomic E-state index is 12.3. The minimum Gasteiger partial charge on any atom is -0.478 e. The largest absolute Gasteiger partial charge is 0.478 e. The topological polar surface area (TPSA) is 74.7 Å². The van der Waals surface area contributed by atoms with Gasteiger partial charge in [-0.2, -0.15) is 0 Å². The molecule has 0 atom stereocenters. The maximum absolute atomic E-state index is 12.3. The SMILES string of the molecule is C=CCCCN(C)S(=O)(=O)c1ccc(Br)c(C(=O)O)c1. The molecule has 7 heteroatoms. The Bertz CT molecular complexity index is 613. The van der Waals surface area contributed by atoms with Gasteiger partial charge in [0, 0.05) is 18.1 Å². The minimum atomic E-state index is -3.68. The van der Waals surface area contributed by atoms with Crippen LogP contribution >= 0.6 is 15.9 Å². The number of nitrogens with zero attached hydrogens (tertiary/aromatic N) is 1. The summed E-state index contributed by atoms with van der Waals surface area (Å²) in [5.74, 6) is -1.18. The first-order valence-corrected chi connectivity index (χ1v) is 8.14. The molecule has 0 bridgehead atoms. The van der Waals surface area contributed by atoms with E-state index in [1.807, 2.05) is 0 Å². The van der Waals surface area contributed by atoms with Gasteiger partial charge in [-0.3, -0.25) is 0 Å². The monoisotopic (exact) mass is 361 g/mol. The van der Waals surface area contributed by atoms with Gasteiger partial charge in [0.2, 0.25) is 10.0 Å². The summed E-state index contributed by atoms with van der Waals surface area (Å²) in [6.07, 6.45) is 3.12. The average Bonchev–Trinajstić information content (AvgIpc) is 2.38. The van der Waals surface area contributed by atoms with Crippen LogP contribution in [-0.2, 0) is 10.0 Å². The lowest BCUT2D eigenvalue weighted by molar-refractivity contribution is 0.0695. The van der Waals surface area contributed by atoms with E-state index in [0.29, 0.717) is 17.4 Å². The van der Waals surface area contributed by atoms with Crippen molar-refractivity contribution in [3.63, 3.8) is 0 Å². The van der Waals surface area contributed by atoms with Gasteiger partial charge in [0.1, 0.15) is 0 Å². The zero-order chi connectivity index (χ0) is 15.3. The highest BCUT2D eigenvalue weighted by atomic mass is 79.9. The number of carbonyl (C=O) groups is 1. The molecule has 0 saturated carbocycles. The zero-order valence-corrected chi connectivity index (χ0v) is 13.4. The molecule has 0 amide bonds. The van der Waals surface area contributed by atoms with Crippen molar-refractivity contribution in [2.75, 3.05) is 13.6 Å². The van der Waals surface area contributed by atoms with Gasteiger partial charge in [-0.1, -0.05) is 6.08 Å². The molecule has 0 fully saturated rings. The van der Waals surface area contributed by atoms with Gasteiger partial charge in [0.05, 0.1) is 10.5 Å². The highest BCUT2D eigenvalue weighted by Gasteiger charge is 2.22. The quantitative estimate of drug-likeness (QED) is 0.598. The van der Waals surface area contributed by atoms with Gasteiger partial charge >= 0.3 is 5.97 Å². The van der Waals surface area contributed by atoms with Gasteiger partial charge in [0.25, 0.3) is 0 Å². The number of aromatic carboxylic acids is 1. The van der Waals surface area contributed by atoms with E-state index in [1.54, 1.807) is 6.08 Å². The molecule has 0 saturated heterocycles. The molecule has 0 unspecified atom stereocenters. The Kier molecular flexibility index (Phi) is 5.91. The summed E-state index contributed by atoms with van der Waals surface area (Å²) < 4.78 is 26.2. The molecule has 0 aliphatic rings. The number of benzene rings is 1. The van der Waals surface area contributed by atoms with E-state index >= 15 is 0 Å². The van der Waals surface area contributed by atoms with Crippen molar-refractivity contribution in [2.24, 2.45) is 0 Å². The second-order valence-electron chi connectivity index (χ2n) is 4.20. The van der Waals surface area contributed by atoms with E-state index in [-0.39, 0.29) is 10.5 Å². The van der Waals surface area contributed by atoms with Crippen LogP contribution < -0.4 is 0 Å². The third kappa shape index (κ3) is 3.91. The minimum absolute atomic E-state index is 0.0285. The Labute approximate surface area is 127 Å². The van der Waals surface area contributed by atoms with Crippen LogP contribution in [0.15, 0.2) is 40.2 Å². The van der Waals surface area contributed by atoms with E-state index in [1.165, 1.54) is 23.5 Å². The number of hydrogen-bond acceptors (Lipinski definition) is 3. The van der Waals surface area contributed by atoms with Crippen molar-refractivity contribution < 1.29 is 18.3 Å². The van der Waals surface area contributed by atoms with Crippen molar-refractivity contribution in [3.05, 3.63) is 40.9 Å². The smallest absolute Gasteiger partial charge is 0.336 e. The van der Waals surface area contributed by atoms with Gasteiger partial charge in [-0.25, -0.2) is 17.5 Å². The summed E-state index contributed by atoms with van der Waals surface area (Å²) in [5.41, 5.74) is -0.0782. The molecular weight excluding hydrogens is 346 g/mol. The van der Waals surface area contributed by atoms with E-state index in [2.05, 4.69) is 22.5 Å². The summed E-state index contributed by atoms with van der Waals surface area (Å²) in [4.78, 5) is 11.0. The third-order valence-corrected chi connectivity index (χ3v) is 5.30. The summed E-state index contributed by atoms with van der Waals surface area (Å²) in [7, 11) is -2.20. The third-order valence-electron chi connectivity index (χ3n) is 2.76. The number of rotatable bonds is 7. The molecule has 1 aromatic carbocycles. The summed E-state index contributed by atoms with van der Waals surface area (Å²) in [6, 6.07) is 3.97. The molecule has 1 N–H and O–H groups in total. The molecule has 0 aliphatic carbocycles. The van der Waals surface area contributed by atoms with Crippen molar-refractivity contribution >= 4 is 31.9 Å². The average molecular weight is 362 g/mol. The number of unbranched alkanes of at least 4 members (excludes halogenated alkanes) is 1. The van der Waals surface area contributed by atoms with Crippen molar-refractivity contribution in [3.8, 4) is 0 Å². The molecular formula is C13H16BrNO4S. The number of hydrogen-bond donors (Lipinski definition) is 1. The first-order chi connectivity index (χ1) is 9.30. The van der Waals surface area contributed by atoms with Crippen LogP contribution in [0.1, 0.15) is 23.2 Å². The first kappa shape index (κ1) is 16.9. The Morgan fingerprint density at radius 3 is 2.70 bits per heavy atom. The summed E-state index contributed by atoms with van der Waals surface area (Å²) in [6.45, 7) is 3.93. The normalized spacial score (nSPS) is 11.6. The molecule has 110 valence electrons. The van der Waals surface area contributed by atoms with Crippen LogP contribution in [0.5, 0.6) is 0 Å². The number of carboxylic acid groups (broad SMARTS) is 1. The van der Waals surface area contributed by atoms with E-state index < -0.39 is 16.0 Å². The first-order valence-electron chi connectivity index (χ1n) is 5.90. The van der Waals surface area contributed by atoms with Gasteiger partial charge in [0.15, 0.2) is 0 Å². The lowest BCUT2D eigenvalue weighted by Crippen LogP contribution is -2.28. The van der Waals surface area contributed by atoms with Gasteiger partial charge in [-0.05, 0) is 47.0 Å². The number of sulfonamides is 1. The molecule has 1 aromatic rings. The van der Waals surface area contributed by atoms with E-state index in [9.17, 15) is 13.2 Å². The predicted octanol–water partition coefficient (Wildman–Crippen LogP) is 2.73. The van der Waals surface area contributed by atoms with E-state index in [4.69, 9.17) is 5.11 Å². The van der Waals surface area contributed by atoms with Crippen LogP contribution in [0.4, 0.5) is 0 Å². The van der Waals surface area contributed by atoms with Gasteiger partial charge in [-0.15, -0.1) is 6.58 Å². The summed E-state index contributed by atoms with van der Waals surface area (Å²) >= 11 is 3.09. The molecule has 0 spiro atoms. The molecule has 0 heterocycles. The molecule has 5 nitrogen and oxygen atoms in total. The highest BCUT2D eigenvalue weighted by molar-refractivity contribution is 9.10. The maximum Gasteiger partial charge on any atom is 0.336 e. The fraction of sp³-hybridized carbons (Fsp3) is 0.308. The highest BCUT2D eigenvalue weighted by Crippen LogP contribution is 2.23. The van der Waals surface area contributed by atoms with Crippen LogP contribution in [0.25, 0.3) is 0 Å². The zero-order valence-electron chi connectivity index (χ0n) is 11.0. The molecule has 1 rings (SSSR count). The van der Waals surface area contributed by atoms with Crippen LogP contribution in [0, 0.1) is 0 Å². The standard InChI is InChI=1S/C13H16BrNO4S/c1-3-4-5-8-15(2)20(18,19)10-6-7-12(14)11(9-10)13(16)17/h3,6-7,9H,1,4-5,8H2,2H3,(H,16,17). The Hall–Kier alpha value is -1.18. The number of carboxylic acids is 1. The number of halogens is 1. The Morgan fingerprint density at radius 2 is 2.15 bits per heavy atom. The van der Waals surface area contributed by atoms with Crippen LogP contribution in [0.2, 0.25) is 0 Å². The van der Waals surface area contributed by atoms with Crippen molar-refractivity contribution in [1.29, 1.82) is 0 Å². The second kappa shape index (κ2) is 7.01. The summed E-state index contributed by atoms with van der Waals surface area (Å²) in [5, 5.41) is 9.02. The molecule has 20 heavy (non-hydrogen) atoms. The Morgan fingerprint density at radius 1 is 1.50 bits per heavy atom. The molecule has 0 aliphatic heterocycles. The lowest BCUT2D eigenvalue weighted by Gasteiger charge is -2.17.